The van der Waals surface area contributed by atoms with E-state index >= 15 is 0 Å². The lowest BCUT2D eigenvalue weighted by Crippen LogP contribution is -2.15. The lowest BCUT2D eigenvalue weighted by molar-refractivity contribution is 0.122. The molecule has 0 aromatic rings. The van der Waals surface area contributed by atoms with Crippen LogP contribution in [-0.2, 0) is 13.6 Å². The van der Waals surface area contributed by atoms with Crippen molar-refractivity contribution in [2.45, 2.75) is 37.9 Å². The molecule has 0 heterocycles. The van der Waals surface area contributed by atoms with E-state index in [-0.39, 0.29) is 12.2 Å². The average Bonchev–Trinajstić information content (AvgIpc) is 2.30. The monoisotopic (exact) mass is 358 g/mol. The zero-order valence-electron chi connectivity index (χ0n) is 10.0. The van der Waals surface area contributed by atoms with Crippen molar-refractivity contribution in [3.8, 4) is 0 Å². The van der Waals surface area contributed by atoms with Crippen LogP contribution < -0.4 is 0 Å². The fraction of sp³-hybridized carbons (Fsp3) is 1.00. The maximum atomic E-state index is 11.7. The molecule has 0 N–H and O–H groups in total. The molecule has 0 spiro atoms. The largest absolute Gasteiger partial charge is 0.319 e. The number of hydrogen-bond acceptors (Lipinski definition) is 3. The highest BCUT2D eigenvalue weighted by molar-refractivity contribution is 7.33. The molecule has 0 fully saturated rings. The van der Waals surface area contributed by atoms with Gasteiger partial charge < -0.3 is 9.05 Å². The fourth-order valence-electron chi connectivity index (χ4n) is 1.31. The maximum absolute atomic E-state index is 11.7. The second-order valence-corrected chi connectivity index (χ2v) is 6.12. The third-order valence-electron chi connectivity index (χ3n) is 2.25. The fourth-order valence-corrected chi connectivity index (χ4v) is 3.36. The Morgan fingerprint density at radius 2 is 1.00 bits per heavy atom. The molecular formula is C10H19Cl4O3P. The van der Waals surface area contributed by atoms with Crippen LogP contribution in [0.2, 0.25) is 0 Å². The normalized spacial score (nSPS) is 11.9. The zero-order chi connectivity index (χ0) is 13.8. The van der Waals surface area contributed by atoms with Gasteiger partial charge in [-0.15, -0.1) is 46.4 Å². The zero-order valence-corrected chi connectivity index (χ0v) is 14.1. The van der Waals surface area contributed by atoms with Crippen LogP contribution in [-0.4, -0.2) is 35.7 Å². The van der Waals surface area contributed by atoms with Crippen molar-refractivity contribution in [2.75, 3.05) is 23.5 Å². The van der Waals surface area contributed by atoms with E-state index in [0.29, 0.717) is 49.2 Å². The highest BCUT2D eigenvalue weighted by Gasteiger charge is 2.16. The summed E-state index contributed by atoms with van der Waals surface area (Å²) in [6.45, 7) is 0. The second kappa shape index (κ2) is 13.3. The lowest BCUT2D eigenvalue weighted by Gasteiger charge is -2.19. The minimum absolute atomic E-state index is 0.223. The summed E-state index contributed by atoms with van der Waals surface area (Å²) in [5.41, 5.74) is 0. The van der Waals surface area contributed by atoms with Gasteiger partial charge in [-0.25, -0.2) is 0 Å². The topological polar surface area (TPSA) is 35.5 Å². The first-order chi connectivity index (χ1) is 8.67. The molecule has 0 saturated carbocycles. The van der Waals surface area contributed by atoms with Gasteiger partial charge in [-0.1, -0.05) is 0 Å². The van der Waals surface area contributed by atoms with E-state index < -0.39 is 8.25 Å². The molecule has 0 saturated heterocycles. The van der Waals surface area contributed by atoms with Crippen LogP contribution in [0.3, 0.4) is 0 Å². The van der Waals surface area contributed by atoms with Crippen LogP contribution in [0.15, 0.2) is 0 Å². The van der Waals surface area contributed by atoms with Crippen LogP contribution in [0.25, 0.3) is 0 Å². The van der Waals surface area contributed by atoms with Crippen molar-refractivity contribution in [3.05, 3.63) is 0 Å². The van der Waals surface area contributed by atoms with E-state index in [0.717, 1.165) is 0 Å². The van der Waals surface area contributed by atoms with E-state index in [9.17, 15) is 4.57 Å². The minimum atomic E-state index is -2.56. The SMILES string of the molecule is O=[PH](OC(CCCl)CCCl)OC(CCCl)CCCl. The van der Waals surface area contributed by atoms with Crippen molar-refractivity contribution in [2.24, 2.45) is 0 Å². The molecule has 0 aromatic carbocycles. The molecule has 0 atom stereocenters. The van der Waals surface area contributed by atoms with Gasteiger partial charge in [0.2, 0.25) is 0 Å². The third-order valence-corrected chi connectivity index (χ3v) is 4.17. The van der Waals surface area contributed by atoms with E-state index in [2.05, 4.69) is 0 Å². The van der Waals surface area contributed by atoms with Gasteiger partial charge in [-0.2, -0.15) is 0 Å². The number of hydrogen-bond donors (Lipinski definition) is 0. The van der Waals surface area contributed by atoms with E-state index in [1.807, 2.05) is 0 Å². The molecule has 0 amide bonds. The standard InChI is InChI=1S/C10H19Cl4O3P/c11-5-1-9(2-6-12)16-18(15)17-10(3-7-13)4-8-14/h9-10,18H,1-8H2. The Morgan fingerprint density at radius 3 is 1.22 bits per heavy atom. The Balaban J connectivity index is 4.09. The Kier molecular flexibility index (Phi) is 14.3. The van der Waals surface area contributed by atoms with Crippen molar-refractivity contribution in [1.29, 1.82) is 0 Å². The van der Waals surface area contributed by atoms with Crippen LogP contribution in [0.4, 0.5) is 0 Å². The van der Waals surface area contributed by atoms with Gasteiger partial charge >= 0.3 is 8.25 Å². The highest BCUT2D eigenvalue weighted by atomic mass is 35.5. The second-order valence-electron chi connectivity index (χ2n) is 3.64. The Bertz CT molecular complexity index is 189. The van der Waals surface area contributed by atoms with Crippen molar-refractivity contribution in [1.82, 2.24) is 0 Å². The van der Waals surface area contributed by atoms with Crippen LogP contribution in [0, 0.1) is 0 Å². The molecule has 0 bridgehead atoms. The highest BCUT2D eigenvalue weighted by Crippen LogP contribution is 2.32. The van der Waals surface area contributed by atoms with Crippen molar-refractivity contribution < 1.29 is 13.6 Å². The minimum Gasteiger partial charge on any atom is -0.307 e. The summed E-state index contributed by atoms with van der Waals surface area (Å²) in [5, 5.41) is 0. The van der Waals surface area contributed by atoms with Gasteiger partial charge in [-0.05, 0) is 25.7 Å². The Morgan fingerprint density at radius 1 is 0.722 bits per heavy atom. The quantitative estimate of drug-likeness (QED) is 0.375. The molecule has 0 radical (unpaired) electrons. The number of alkyl halides is 4. The molecule has 0 aliphatic rings. The Labute approximate surface area is 129 Å². The summed E-state index contributed by atoms with van der Waals surface area (Å²) in [4.78, 5) is 0. The predicted molar refractivity (Wildman–Crippen MR) is 80.1 cm³/mol. The number of rotatable bonds is 12. The van der Waals surface area contributed by atoms with Gasteiger partial charge in [0.05, 0.1) is 12.2 Å². The summed E-state index contributed by atoms with van der Waals surface area (Å²) in [6.07, 6.45) is 1.96. The van der Waals surface area contributed by atoms with Crippen molar-refractivity contribution >= 4 is 54.7 Å². The van der Waals surface area contributed by atoms with E-state index in [1.54, 1.807) is 0 Å². The molecule has 0 aliphatic carbocycles. The molecule has 0 rings (SSSR count). The third kappa shape index (κ3) is 10.1. The summed E-state index contributed by atoms with van der Waals surface area (Å²) in [7, 11) is -2.56. The molecule has 18 heavy (non-hydrogen) atoms. The molecule has 110 valence electrons. The van der Waals surface area contributed by atoms with Crippen LogP contribution >= 0.6 is 54.7 Å². The summed E-state index contributed by atoms with van der Waals surface area (Å²) in [6, 6.07) is 0. The van der Waals surface area contributed by atoms with Gasteiger partial charge in [-0.3, -0.25) is 4.57 Å². The molecule has 3 nitrogen and oxygen atoms in total. The first-order valence-corrected chi connectivity index (χ1v) is 9.15. The summed E-state index contributed by atoms with van der Waals surface area (Å²) >= 11 is 22.5. The van der Waals surface area contributed by atoms with Gasteiger partial charge in [0.1, 0.15) is 0 Å². The molecule has 0 unspecified atom stereocenters. The maximum Gasteiger partial charge on any atom is 0.319 e. The number of halogens is 4. The van der Waals surface area contributed by atoms with E-state index in [4.69, 9.17) is 55.5 Å². The van der Waals surface area contributed by atoms with Crippen molar-refractivity contribution in [3.63, 3.8) is 0 Å². The van der Waals surface area contributed by atoms with Crippen LogP contribution in [0.1, 0.15) is 25.7 Å². The average molecular weight is 360 g/mol. The van der Waals surface area contributed by atoms with Gasteiger partial charge in [0.25, 0.3) is 0 Å². The summed E-state index contributed by atoms with van der Waals surface area (Å²) in [5.74, 6) is 1.74. The first-order valence-electron chi connectivity index (χ1n) is 5.79. The van der Waals surface area contributed by atoms with Gasteiger partial charge in [0, 0.05) is 23.5 Å². The van der Waals surface area contributed by atoms with Gasteiger partial charge in [0.15, 0.2) is 0 Å². The molecule has 0 aliphatic heterocycles. The smallest absolute Gasteiger partial charge is 0.307 e. The molecule has 8 heteroatoms. The molecule has 0 aromatic heterocycles. The lowest BCUT2D eigenvalue weighted by atomic mass is 10.2. The molecular weight excluding hydrogens is 341 g/mol. The van der Waals surface area contributed by atoms with Crippen LogP contribution in [0.5, 0.6) is 0 Å². The Hall–Kier alpha value is 1.31. The summed E-state index contributed by atoms with van der Waals surface area (Å²) < 4.78 is 22.4. The first kappa shape index (κ1) is 19.3. The van der Waals surface area contributed by atoms with E-state index in [1.165, 1.54) is 0 Å². The predicted octanol–water partition coefficient (Wildman–Crippen LogP) is 4.66.